The number of rotatable bonds is 9. The monoisotopic (exact) mass is 430 g/mol. The number of hydrogen-bond acceptors (Lipinski definition) is 7. The molecule has 3 rings (SSSR count). The third kappa shape index (κ3) is 4.98. The fourth-order valence-electron chi connectivity index (χ4n) is 3.28. The van der Waals surface area contributed by atoms with Gasteiger partial charge in [0, 0.05) is 11.4 Å². The van der Waals surface area contributed by atoms with E-state index in [2.05, 4.69) is 17.2 Å². The van der Waals surface area contributed by atoms with Gasteiger partial charge in [0.25, 0.3) is 0 Å². The quantitative estimate of drug-likeness (QED) is 0.347. The minimum absolute atomic E-state index is 0.0941. The van der Waals surface area contributed by atoms with Crippen molar-refractivity contribution in [1.29, 1.82) is 0 Å². The Morgan fingerprint density at radius 1 is 1.27 bits per heavy atom. The van der Waals surface area contributed by atoms with Gasteiger partial charge in [0.15, 0.2) is 0 Å². The lowest BCUT2D eigenvalue weighted by molar-refractivity contribution is -0.139. The van der Waals surface area contributed by atoms with E-state index in [0.29, 0.717) is 23.3 Å². The van der Waals surface area contributed by atoms with Crippen LogP contribution in [0.2, 0.25) is 0 Å². The number of anilines is 1. The van der Waals surface area contributed by atoms with E-state index < -0.39 is 6.04 Å². The summed E-state index contributed by atoms with van der Waals surface area (Å²) in [6.07, 6.45) is 2.32. The van der Waals surface area contributed by atoms with Gasteiger partial charge in [-0.3, -0.25) is 0 Å². The summed E-state index contributed by atoms with van der Waals surface area (Å²) in [5.41, 5.74) is 2.19. The highest BCUT2D eigenvalue weighted by Crippen LogP contribution is 2.37. The van der Waals surface area contributed by atoms with Crippen LogP contribution < -0.4 is 10.1 Å². The zero-order valence-electron chi connectivity index (χ0n) is 18.3. The molecule has 1 N–H and O–H groups in total. The molecule has 0 amide bonds. The molecular weight excluding hydrogens is 400 g/mol. The van der Waals surface area contributed by atoms with Crippen LogP contribution in [0, 0.1) is 0 Å². The maximum absolute atomic E-state index is 12.8. The van der Waals surface area contributed by atoms with Gasteiger partial charge in [-0.25, -0.2) is 9.48 Å². The van der Waals surface area contributed by atoms with Crippen molar-refractivity contribution in [3.63, 3.8) is 0 Å². The van der Waals surface area contributed by atoms with E-state index in [1.165, 1.54) is 0 Å². The lowest BCUT2D eigenvalue weighted by Crippen LogP contribution is -2.29. The molecule has 1 aromatic carbocycles. The Labute approximate surface area is 182 Å². The molecule has 7 nitrogen and oxygen atoms in total. The fourth-order valence-corrected chi connectivity index (χ4v) is 4.19. The van der Waals surface area contributed by atoms with Gasteiger partial charge < -0.3 is 14.8 Å². The molecule has 162 valence electrons. The van der Waals surface area contributed by atoms with E-state index in [9.17, 15) is 4.79 Å². The number of nitrogens with zero attached hydrogens (tertiary/aromatic N) is 3. The summed E-state index contributed by atoms with van der Waals surface area (Å²) >= 11 is 1.63. The highest BCUT2D eigenvalue weighted by atomic mass is 32.2. The lowest BCUT2D eigenvalue weighted by atomic mass is 9.96. The van der Waals surface area contributed by atoms with Crippen molar-refractivity contribution in [2.45, 2.75) is 64.8 Å². The Hall–Kier alpha value is -2.48. The molecule has 1 unspecified atom stereocenters. The molecule has 0 spiro atoms. The number of ether oxygens (including phenoxy) is 2. The van der Waals surface area contributed by atoms with Gasteiger partial charge in [-0.2, -0.15) is 4.98 Å². The van der Waals surface area contributed by atoms with Gasteiger partial charge in [0.05, 0.1) is 18.3 Å². The van der Waals surface area contributed by atoms with E-state index in [1.807, 2.05) is 45.0 Å². The molecule has 8 heteroatoms. The van der Waals surface area contributed by atoms with Gasteiger partial charge in [-0.1, -0.05) is 37.2 Å². The standard InChI is InChI=1S/C22H30N4O3S/c1-6-8-13-30-22-24-21-23-15(5)18(20(27)28-7-2)19(26(21)25-22)16-9-11-17(12-10-16)29-14(3)4/h9-12,14,19H,6-8,13H2,1-5H3,(H,23,24,25). The fraction of sp³-hybridized carbons (Fsp3) is 0.500. The molecule has 1 aromatic heterocycles. The number of allylic oxidation sites excluding steroid dienone is 1. The first-order chi connectivity index (χ1) is 14.4. The molecule has 2 aromatic rings. The third-order valence-corrected chi connectivity index (χ3v) is 5.55. The normalized spacial score (nSPS) is 15.7. The zero-order chi connectivity index (χ0) is 21.7. The first kappa shape index (κ1) is 22.2. The molecule has 1 atom stereocenters. The van der Waals surface area contributed by atoms with E-state index in [4.69, 9.17) is 14.6 Å². The van der Waals surface area contributed by atoms with Crippen molar-refractivity contribution >= 4 is 23.7 Å². The molecular formula is C22H30N4O3S. The van der Waals surface area contributed by atoms with Crippen LogP contribution in [-0.2, 0) is 9.53 Å². The lowest BCUT2D eigenvalue weighted by Gasteiger charge is -2.28. The Bertz CT molecular complexity index is 906. The largest absolute Gasteiger partial charge is 0.491 e. The van der Waals surface area contributed by atoms with Crippen LogP contribution in [0.15, 0.2) is 40.7 Å². The van der Waals surface area contributed by atoms with E-state index in [-0.39, 0.29) is 12.1 Å². The topological polar surface area (TPSA) is 78.3 Å². The van der Waals surface area contributed by atoms with E-state index >= 15 is 0 Å². The first-order valence-electron chi connectivity index (χ1n) is 10.4. The SMILES string of the molecule is CCCCSc1nc2n(n1)C(c1ccc(OC(C)C)cc1)C(C(=O)OCC)=C(C)N2. The van der Waals surface area contributed by atoms with Gasteiger partial charge in [-0.15, -0.1) is 5.10 Å². The summed E-state index contributed by atoms with van der Waals surface area (Å²) in [6.45, 7) is 10.1. The van der Waals surface area contributed by atoms with Crippen molar-refractivity contribution in [1.82, 2.24) is 14.8 Å². The summed E-state index contributed by atoms with van der Waals surface area (Å²) in [4.78, 5) is 17.5. The number of hydrogen-bond donors (Lipinski definition) is 1. The first-order valence-corrected chi connectivity index (χ1v) is 11.4. The van der Waals surface area contributed by atoms with Crippen LogP contribution in [0.4, 0.5) is 5.95 Å². The minimum Gasteiger partial charge on any atom is -0.491 e. The highest BCUT2D eigenvalue weighted by molar-refractivity contribution is 7.99. The number of carbonyl (C=O) groups excluding carboxylic acids is 1. The zero-order valence-corrected chi connectivity index (χ0v) is 19.1. The Balaban J connectivity index is 1.99. The molecule has 2 heterocycles. The highest BCUT2D eigenvalue weighted by Gasteiger charge is 2.35. The van der Waals surface area contributed by atoms with Crippen LogP contribution in [0.3, 0.4) is 0 Å². The van der Waals surface area contributed by atoms with Crippen LogP contribution >= 0.6 is 11.8 Å². The number of thioether (sulfide) groups is 1. The van der Waals surface area contributed by atoms with E-state index in [0.717, 1.165) is 35.6 Å². The average molecular weight is 431 g/mol. The third-order valence-electron chi connectivity index (χ3n) is 4.63. The summed E-state index contributed by atoms with van der Waals surface area (Å²) in [5.74, 6) is 2.03. The van der Waals surface area contributed by atoms with Crippen molar-refractivity contribution in [2.75, 3.05) is 17.7 Å². The molecule has 0 bridgehead atoms. The average Bonchev–Trinajstić information content (AvgIpc) is 3.09. The van der Waals surface area contributed by atoms with E-state index in [1.54, 1.807) is 23.4 Å². The molecule has 30 heavy (non-hydrogen) atoms. The van der Waals surface area contributed by atoms with Gasteiger partial charge in [0.2, 0.25) is 11.1 Å². The summed E-state index contributed by atoms with van der Waals surface area (Å²) < 4.78 is 12.9. The predicted octanol–water partition coefficient (Wildman–Crippen LogP) is 4.81. The van der Waals surface area contributed by atoms with Crippen LogP contribution in [0.25, 0.3) is 0 Å². The second kappa shape index (κ2) is 10.0. The van der Waals surface area contributed by atoms with Crippen LogP contribution in [-0.4, -0.2) is 39.2 Å². The van der Waals surface area contributed by atoms with Crippen molar-refractivity contribution in [2.24, 2.45) is 0 Å². The molecule has 0 saturated heterocycles. The Kier molecular flexibility index (Phi) is 7.42. The second-order valence-electron chi connectivity index (χ2n) is 7.39. The molecule has 0 aliphatic carbocycles. The maximum atomic E-state index is 12.8. The van der Waals surface area contributed by atoms with Crippen molar-refractivity contribution < 1.29 is 14.3 Å². The van der Waals surface area contributed by atoms with Crippen molar-refractivity contribution in [3.05, 3.63) is 41.1 Å². The smallest absolute Gasteiger partial charge is 0.338 e. The molecule has 0 saturated carbocycles. The Morgan fingerprint density at radius 3 is 2.63 bits per heavy atom. The molecule has 1 aliphatic rings. The number of fused-ring (bicyclic) bond motifs is 1. The molecule has 0 fully saturated rings. The number of benzene rings is 1. The van der Waals surface area contributed by atoms with Crippen LogP contribution in [0.1, 0.15) is 59.1 Å². The number of aromatic nitrogens is 3. The maximum Gasteiger partial charge on any atom is 0.338 e. The molecule has 0 radical (unpaired) electrons. The molecule has 1 aliphatic heterocycles. The predicted molar refractivity (Wildman–Crippen MR) is 119 cm³/mol. The number of carbonyl (C=O) groups is 1. The number of esters is 1. The number of nitrogens with one attached hydrogen (secondary N) is 1. The summed E-state index contributed by atoms with van der Waals surface area (Å²) in [7, 11) is 0. The number of unbranched alkanes of at least 4 members (excludes halogenated alkanes) is 1. The Morgan fingerprint density at radius 2 is 2.00 bits per heavy atom. The van der Waals surface area contributed by atoms with Gasteiger partial charge >= 0.3 is 5.97 Å². The minimum atomic E-state index is -0.415. The summed E-state index contributed by atoms with van der Waals surface area (Å²) in [5, 5.41) is 8.64. The van der Waals surface area contributed by atoms with Gasteiger partial charge in [-0.05, 0) is 51.8 Å². The summed E-state index contributed by atoms with van der Waals surface area (Å²) in [6, 6.07) is 7.36. The second-order valence-corrected chi connectivity index (χ2v) is 8.45. The van der Waals surface area contributed by atoms with Gasteiger partial charge in [0.1, 0.15) is 11.8 Å². The van der Waals surface area contributed by atoms with Crippen LogP contribution in [0.5, 0.6) is 5.75 Å². The van der Waals surface area contributed by atoms with Crippen molar-refractivity contribution in [3.8, 4) is 5.75 Å².